The first-order chi connectivity index (χ1) is 8.58. The summed E-state index contributed by atoms with van der Waals surface area (Å²) in [6.07, 6.45) is 1.56. The van der Waals surface area contributed by atoms with Crippen LogP contribution in [0.3, 0.4) is 0 Å². The molecule has 0 bridgehead atoms. The Morgan fingerprint density at radius 3 is 2.89 bits per heavy atom. The number of hydrogen-bond donors (Lipinski definition) is 1. The van der Waals surface area contributed by atoms with Gasteiger partial charge < -0.3 is 5.32 Å². The predicted molar refractivity (Wildman–Crippen MR) is 74.2 cm³/mol. The Kier molecular flexibility index (Phi) is 3.99. The van der Waals surface area contributed by atoms with Crippen LogP contribution in [0.4, 0.5) is 0 Å². The average molecular weight is 281 g/mol. The summed E-state index contributed by atoms with van der Waals surface area (Å²) in [6.45, 7) is 4.65. The van der Waals surface area contributed by atoms with Gasteiger partial charge in [0.25, 0.3) is 5.91 Å². The maximum atomic E-state index is 11.9. The highest BCUT2D eigenvalue weighted by Gasteiger charge is 2.10. The third-order valence-electron chi connectivity index (χ3n) is 2.64. The van der Waals surface area contributed by atoms with E-state index >= 15 is 0 Å². The zero-order valence-electron chi connectivity index (χ0n) is 10.2. The zero-order chi connectivity index (χ0) is 13.1. The lowest BCUT2D eigenvalue weighted by molar-refractivity contribution is 0.0951. The van der Waals surface area contributed by atoms with Gasteiger partial charge in [-0.05, 0) is 37.6 Å². The highest BCUT2D eigenvalue weighted by Crippen LogP contribution is 2.20. The number of carbonyl (C=O) groups excluding carboxylic acids is 1. The predicted octanol–water partition coefficient (Wildman–Crippen LogP) is 3.34. The molecule has 0 aromatic carbocycles. The maximum Gasteiger partial charge on any atom is 0.254 e. The van der Waals surface area contributed by atoms with Gasteiger partial charge in [0, 0.05) is 16.0 Å². The van der Waals surface area contributed by atoms with E-state index in [0.29, 0.717) is 12.1 Å². The van der Waals surface area contributed by atoms with E-state index in [0.717, 1.165) is 4.88 Å². The number of amides is 1. The van der Waals surface area contributed by atoms with Gasteiger partial charge in [0.15, 0.2) is 0 Å². The summed E-state index contributed by atoms with van der Waals surface area (Å²) in [4.78, 5) is 18.2. The van der Waals surface area contributed by atoms with Crippen molar-refractivity contribution < 1.29 is 4.79 Å². The van der Waals surface area contributed by atoms with Crippen molar-refractivity contribution in [3.63, 3.8) is 0 Å². The lowest BCUT2D eigenvalue weighted by Crippen LogP contribution is -2.22. The Labute approximate surface area is 115 Å². The van der Waals surface area contributed by atoms with Crippen molar-refractivity contribution in [3.05, 3.63) is 50.4 Å². The van der Waals surface area contributed by atoms with Crippen molar-refractivity contribution in [1.82, 2.24) is 10.3 Å². The van der Waals surface area contributed by atoms with Crippen LogP contribution in [0.15, 0.2) is 24.4 Å². The van der Waals surface area contributed by atoms with Crippen molar-refractivity contribution in [2.45, 2.75) is 20.4 Å². The van der Waals surface area contributed by atoms with E-state index < -0.39 is 0 Å². The zero-order valence-corrected chi connectivity index (χ0v) is 11.7. The molecule has 2 aromatic heterocycles. The van der Waals surface area contributed by atoms with Crippen LogP contribution in [0.2, 0.25) is 5.15 Å². The number of nitrogens with zero attached hydrogens (tertiary/aromatic N) is 1. The summed E-state index contributed by atoms with van der Waals surface area (Å²) in [6, 6.07) is 5.45. The molecule has 0 spiro atoms. The van der Waals surface area contributed by atoms with Crippen molar-refractivity contribution in [1.29, 1.82) is 0 Å². The minimum absolute atomic E-state index is 0.197. The Bertz CT molecular complexity index is 561. The van der Waals surface area contributed by atoms with Gasteiger partial charge in [-0.1, -0.05) is 11.6 Å². The van der Waals surface area contributed by atoms with Gasteiger partial charge in [-0.2, -0.15) is 0 Å². The van der Waals surface area contributed by atoms with Crippen LogP contribution in [0, 0.1) is 13.8 Å². The van der Waals surface area contributed by atoms with Crippen LogP contribution in [0.25, 0.3) is 0 Å². The number of thiophene rings is 1. The molecular weight excluding hydrogens is 268 g/mol. The summed E-state index contributed by atoms with van der Waals surface area (Å²) in [5, 5.41) is 3.07. The van der Waals surface area contributed by atoms with Crippen LogP contribution in [-0.4, -0.2) is 10.9 Å². The van der Waals surface area contributed by atoms with E-state index in [-0.39, 0.29) is 11.1 Å². The number of carbonyl (C=O) groups is 1. The minimum atomic E-state index is -0.197. The lowest BCUT2D eigenvalue weighted by atomic mass is 10.2. The van der Waals surface area contributed by atoms with Gasteiger partial charge in [-0.3, -0.25) is 4.79 Å². The molecule has 2 heterocycles. The second-order valence-electron chi connectivity index (χ2n) is 3.98. The highest BCUT2D eigenvalue weighted by molar-refractivity contribution is 7.12. The van der Waals surface area contributed by atoms with E-state index in [4.69, 9.17) is 11.6 Å². The van der Waals surface area contributed by atoms with Gasteiger partial charge in [-0.15, -0.1) is 11.3 Å². The molecule has 0 radical (unpaired) electrons. The molecule has 0 fully saturated rings. The van der Waals surface area contributed by atoms with Gasteiger partial charge in [-0.25, -0.2) is 4.98 Å². The molecule has 0 aliphatic rings. The molecule has 1 N–H and O–H groups in total. The van der Waals surface area contributed by atoms with E-state index in [9.17, 15) is 4.79 Å². The van der Waals surface area contributed by atoms with E-state index in [2.05, 4.69) is 30.2 Å². The summed E-state index contributed by atoms with van der Waals surface area (Å²) in [5.74, 6) is -0.197. The number of pyridine rings is 1. The number of rotatable bonds is 3. The second kappa shape index (κ2) is 5.50. The largest absolute Gasteiger partial charge is 0.347 e. The van der Waals surface area contributed by atoms with E-state index in [1.165, 1.54) is 10.4 Å². The smallest absolute Gasteiger partial charge is 0.254 e. The van der Waals surface area contributed by atoms with E-state index in [1.54, 1.807) is 29.7 Å². The van der Waals surface area contributed by atoms with Gasteiger partial charge in [0.2, 0.25) is 0 Å². The van der Waals surface area contributed by atoms with E-state index in [1.807, 2.05) is 0 Å². The number of hydrogen-bond acceptors (Lipinski definition) is 3. The number of aryl methyl sites for hydroxylation is 2. The molecule has 2 aromatic rings. The van der Waals surface area contributed by atoms with Crippen molar-refractivity contribution >= 4 is 28.8 Å². The molecule has 2 rings (SSSR count). The standard InChI is InChI=1S/C13H13ClN2OS/c1-8-6-10(18-9(8)2)7-16-13(17)11-4-3-5-15-12(11)14/h3-6H,7H2,1-2H3,(H,16,17). The molecule has 5 heteroatoms. The number of halogens is 1. The highest BCUT2D eigenvalue weighted by atomic mass is 35.5. The maximum absolute atomic E-state index is 11.9. The van der Waals surface area contributed by atoms with Crippen LogP contribution in [0.5, 0.6) is 0 Å². The van der Waals surface area contributed by atoms with Crippen LogP contribution in [-0.2, 0) is 6.54 Å². The lowest BCUT2D eigenvalue weighted by Gasteiger charge is -2.04. The third-order valence-corrected chi connectivity index (χ3v) is 4.10. The van der Waals surface area contributed by atoms with Crippen molar-refractivity contribution in [2.75, 3.05) is 0 Å². The molecule has 1 amide bonds. The Hall–Kier alpha value is -1.39. The minimum Gasteiger partial charge on any atom is -0.347 e. The molecular formula is C13H13ClN2OS. The normalized spacial score (nSPS) is 10.4. The van der Waals surface area contributed by atoms with Gasteiger partial charge >= 0.3 is 0 Å². The molecule has 0 aliphatic heterocycles. The first-order valence-electron chi connectivity index (χ1n) is 5.52. The summed E-state index contributed by atoms with van der Waals surface area (Å²) in [5.41, 5.74) is 1.66. The quantitative estimate of drug-likeness (QED) is 0.876. The number of aromatic nitrogens is 1. The summed E-state index contributed by atoms with van der Waals surface area (Å²) < 4.78 is 0. The SMILES string of the molecule is Cc1cc(CNC(=O)c2cccnc2Cl)sc1C. The molecule has 0 saturated carbocycles. The summed E-state index contributed by atoms with van der Waals surface area (Å²) >= 11 is 7.55. The fraction of sp³-hybridized carbons (Fsp3) is 0.231. The third kappa shape index (κ3) is 2.89. The first kappa shape index (κ1) is 13.1. The molecule has 3 nitrogen and oxygen atoms in total. The molecule has 0 aliphatic carbocycles. The van der Waals surface area contributed by atoms with Crippen LogP contribution in [0.1, 0.15) is 25.7 Å². The first-order valence-corrected chi connectivity index (χ1v) is 6.72. The Morgan fingerprint density at radius 1 is 1.50 bits per heavy atom. The van der Waals surface area contributed by atoms with Gasteiger partial charge in [0.05, 0.1) is 12.1 Å². The second-order valence-corrected chi connectivity index (χ2v) is 5.68. The summed E-state index contributed by atoms with van der Waals surface area (Å²) in [7, 11) is 0. The topological polar surface area (TPSA) is 42.0 Å². The number of nitrogens with one attached hydrogen (secondary N) is 1. The Morgan fingerprint density at radius 2 is 2.28 bits per heavy atom. The molecule has 94 valence electrons. The average Bonchev–Trinajstić information content (AvgIpc) is 2.66. The molecule has 0 unspecified atom stereocenters. The van der Waals surface area contributed by atoms with Crippen LogP contribution >= 0.6 is 22.9 Å². The fourth-order valence-corrected chi connectivity index (χ4v) is 2.75. The van der Waals surface area contributed by atoms with Gasteiger partial charge in [0.1, 0.15) is 5.15 Å². The molecule has 18 heavy (non-hydrogen) atoms. The monoisotopic (exact) mass is 280 g/mol. The van der Waals surface area contributed by atoms with Crippen molar-refractivity contribution in [2.24, 2.45) is 0 Å². The van der Waals surface area contributed by atoms with Crippen molar-refractivity contribution in [3.8, 4) is 0 Å². The van der Waals surface area contributed by atoms with Crippen LogP contribution < -0.4 is 5.32 Å². The fourth-order valence-electron chi connectivity index (χ4n) is 1.55. The molecule has 0 atom stereocenters. The Balaban J connectivity index is 2.03. The molecule has 0 saturated heterocycles.